The maximum Gasteiger partial charge on any atom is 0.135 e. The largest absolute Gasteiger partial charge is 0.493 e. The van der Waals surface area contributed by atoms with Gasteiger partial charge in [-0.25, -0.2) is 0 Å². The van der Waals surface area contributed by atoms with E-state index >= 15 is 0 Å². The van der Waals surface area contributed by atoms with Gasteiger partial charge in [-0.05, 0) is 87.3 Å². The molecular weight excluding hydrogens is 702 g/mol. The summed E-state index contributed by atoms with van der Waals surface area (Å²) in [6.45, 7) is 14.0. The lowest BCUT2D eigenvalue weighted by molar-refractivity contribution is -0.266. The van der Waals surface area contributed by atoms with Crippen molar-refractivity contribution in [2.24, 2.45) is 29.4 Å². The van der Waals surface area contributed by atoms with Crippen molar-refractivity contribution in [2.45, 2.75) is 189 Å². The minimum absolute atomic E-state index is 0.000899. The molecule has 0 saturated carbocycles. The molecule has 0 radical (unpaired) electrons. The predicted octanol–water partition coefficient (Wildman–Crippen LogP) is 5.50. The van der Waals surface area contributed by atoms with Gasteiger partial charge in [0.25, 0.3) is 0 Å². The molecule has 3 N–H and O–H groups in total. The van der Waals surface area contributed by atoms with Crippen LogP contribution in [-0.4, -0.2) is 116 Å². The molecule has 8 rings (SSSR count). The molecular formula is C44H67NO10. The predicted molar refractivity (Wildman–Crippen MR) is 205 cm³/mol. The van der Waals surface area contributed by atoms with E-state index in [1.807, 2.05) is 6.26 Å². The van der Waals surface area contributed by atoms with E-state index in [2.05, 4.69) is 33.1 Å². The zero-order valence-corrected chi connectivity index (χ0v) is 33.4. The van der Waals surface area contributed by atoms with Gasteiger partial charge in [0.1, 0.15) is 17.5 Å². The van der Waals surface area contributed by atoms with E-state index in [1.54, 1.807) is 7.11 Å². The number of aliphatic hydroxyl groups excluding tert-OH is 1. The zero-order valence-electron chi connectivity index (χ0n) is 33.4. The van der Waals surface area contributed by atoms with E-state index in [0.29, 0.717) is 25.9 Å². The lowest BCUT2D eigenvalue weighted by Crippen LogP contribution is -2.60. The van der Waals surface area contributed by atoms with Gasteiger partial charge in [0, 0.05) is 57.1 Å². The Hall–Kier alpha value is -1.67. The van der Waals surface area contributed by atoms with Crippen molar-refractivity contribution >= 4 is 5.78 Å². The Bertz CT molecular complexity index is 1420. The Morgan fingerprint density at radius 3 is 2.47 bits per heavy atom. The van der Waals surface area contributed by atoms with Crippen LogP contribution >= 0.6 is 0 Å². The maximum atomic E-state index is 14.1. The van der Waals surface area contributed by atoms with E-state index in [1.165, 1.54) is 0 Å². The van der Waals surface area contributed by atoms with Gasteiger partial charge in [-0.1, -0.05) is 27.0 Å². The second kappa shape index (κ2) is 16.9. The highest BCUT2D eigenvalue weighted by atomic mass is 16.6. The van der Waals surface area contributed by atoms with E-state index < -0.39 is 17.8 Å². The smallest absolute Gasteiger partial charge is 0.135 e. The average molecular weight is 770 g/mol. The van der Waals surface area contributed by atoms with Crippen molar-refractivity contribution in [1.82, 2.24) is 0 Å². The molecule has 8 aliphatic rings. The van der Waals surface area contributed by atoms with Gasteiger partial charge in [-0.2, -0.15) is 0 Å². The summed E-state index contributed by atoms with van der Waals surface area (Å²) in [5.74, 6) is 0.542. The van der Waals surface area contributed by atoms with Crippen molar-refractivity contribution < 1.29 is 47.8 Å². The van der Waals surface area contributed by atoms with E-state index in [0.717, 1.165) is 75.4 Å². The van der Waals surface area contributed by atoms with Gasteiger partial charge in [0.2, 0.25) is 0 Å². The average Bonchev–Trinajstić information content (AvgIpc) is 3.60. The number of aliphatic hydroxyl groups is 1. The fourth-order valence-corrected chi connectivity index (χ4v) is 11.5. The van der Waals surface area contributed by atoms with Crippen molar-refractivity contribution in [2.75, 3.05) is 20.3 Å². The van der Waals surface area contributed by atoms with Crippen LogP contribution in [0.3, 0.4) is 0 Å². The Labute approximate surface area is 328 Å². The van der Waals surface area contributed by atoms with Gasteiger partial charge in [-0.3, -0.25) is 4.79 Å². The number of hydrogen-bond donors (Lipinski definition) is 2. The van der Waals surface area contributed by atoms with Crippen LogP contribution in [0.2, 0.25) is 0 Å². The van der Waals surface area contributed by atoms with Crippen LogP contribution in [0.25, 0.3) is 0 Å². The fraction of sp³-hybridized carbons (Fsp3) is 0.841. The highest BCUT2D eigenvalue weighted by molar-refractivity contribution is 5.79. The van der Waals surface area contributed by atoms with Crippen LogP contribution in [0.1, 0.15) is 104 Å². The van der Waals surface area contributed by atoms with E-state index in [-0.39, 0.29) is 110 Å². The van der Waals surface area contributed by atoms with E-state index in [9.17, 15) is 9.90 Å². The summed E-state index contributed by atoms with van der Waals surface area (Å²) in [5, 5.41) is 10.6. The van der Waals surface area contributed by atoms with Crippen LogP contribution in [0.5, 0.6) is 0 Å². The first-order valence-electron chi connectivity index (χ1n) is 21.6. The molecule has 7 saturated heterocycles. The monoisotopic (exact) mass is 769 g/mol. The number of ether oxygens (including phenoxy) is 8. The van der Waals surface area contributed by atoms with Crippen LogP contribution in [0, 0.1) is 23.7 Å². The summed E-state index contributed by atoms with van der Waals surface area (Å²) in [7, 11) is 1.67. The standard InChI is InChI=1S/C44H67NO10/c1-24-16-31-6-8-35-25(2)17-33(51-35)11-14-44-13-10-28(12-15-50-44)40-27(4)41(49-23-44)43-36(55-40)9-7-32(53-43)18-29(46)19-34-38(21-37(52-31)26(24)3)54-39(42(34)48-5)20-30(47)22-45/h12,15,24,27-28,30-43,47H,2-3,6-11,13-14,16-23,45H2,1,4-5H3/t24-,27-,28-,30+,31+,32-,33+,34+,35+,36+,37-,38+,39-,40-,41-,42-,43+,44+/m1/s1. The molecule has 11 heteroatoms. The number of nitrogens with two attached hydrogens (primary N) is 1. The first kappa shape index (κ1) is 40.1. The SMILES string of the molecule is C=C1C[C@@H]2CC[C@]34CC[C@H](C=CO3)[C@@H]3O[C@H]5CC[C@H](CC(=O)C[C@@H]6[C@@H](OC)[C@@H](C[C@H](O)CN)O[C@H]6C[C@H]6O[C@@H](CC[C@@H]1O2)C[C@@H](C)C6=C)O[C@@H]5[C@H](OC4)[C@@H]3C. The van der Waals surface area contributed by atoms with Crippen LogP contribution in [0.15, 0.2) is 36.6 Å². The normalized spacial score (nSPS) is 48.5. The Balaban J connectivity index is 1.07. The van der Waals surface area contributed by atoms with Crippen molar-refractivity contribution in [1.29, 1.82) is 0 Å². The second-order valence-electron chi connectivity index (χ2n) is 18.5. The molecule has 10 bridgehead atoms. The molecule has 8 aliphatic heterocycles. The summed E-state index contributed by atoms with van der Waals surface area (Å²) < 4.78 is 53.7. The van der Waals surface area contributed by atoms with Crippen molar-refractivity contribution in [3.05, 3.63) is 36.6 Å². The topological polar surface area (TPSA) is 137 Å². The van der Waals surface area contributed by atoms with Gasteiger partial charge < -0.3 is 48.7 Å². The molecule has 11 nitrogen and oxygen atoms in total. The highest BCUT2D eigenvalue weighted by Gasteiger charge is 2.53. The molecule has 0 aromatic heterocycles. The molecule has 0 aromatic carbocycles. The summed E-state index contributed by atoms with van der Waals surface area (Å²) in [5.41, 5.74) is 7.60. The van der Waals surface area contributed by atoms with E-state index in [4.69, 9.17) is 43.6 Å². The molecule has 0 aliphatic carbocycles. The van der Waals surface area contributed by atoms with Gasteiger partial charge in [-0.15, -0.1) is 0 Å². The Morgan fingerprint density at radius 1 is 0.873 bits per heavy atom. The number of ketones is 1. The molecule has 55 heavy (non-hydrogen) atoms. The van der Waals surface area contributed by atoms with Crippen molar-refractivity contribution in [3.63, 3.8) is 0 Å². The zero-order chi connectivity index (χ0) is 38.4. The molecule has 0 amide bonds. The van der Waals surface area contributed by atoms with Crippen LogP contribution in [-0.2, 0) is 42.7 Å². The lowest BCUT2D eigenvalue weighted by atomic mass is 9.78. The number of rotatable bonds is 4. The Morgan fingerprint density at radius 2 is 1.65 bits per heavy atom. The van der Waals surface area contributed by atoms with Gasteiger partial charge in [0.15, 0.2) is 0 Å². The summed E-state index contributed by atoms with van der Waals surface area (Å²) in [6.07, 6.45) is 11.6. The Kier molecular flexibility index (Phi) is 12.3. The fourth-order valence-electron chi connectivity index (χ4n) is 11.5. The highest BCUT2D eigenvalue weighted by Crippen LogP contribution is 2.46. The molecule has 18 atom stereocenters. The number of hydrogen-bond acceptors (Lipinski definition) is 11. The molecule has 8 heterocycles. The lowest BCUT2D eigenvalue weighted by Gasteiger charge is -2.50. The van der Waals surface area contributed by atoms with Gasteiger partial charge in [0.05, 0.1) is 86.1 Å². The minimum atomic E-state index is -0.726. The number of carbonyl (C=O) groups is 1. The number of carbonyl (C=O) groups excluding carboxylic acids is 1. The second-order valence-corrected chi connectivity index (χ2v) is 18.5. The number of Topliss-reactive ketones (excluding diaryl/α,β-unsaturated/α-hetero) is 1. The maximum absolute atomic E-state index is 14.1. The molecule has 308 valence electrons. The van der Waals surface area contributed by atoms with Crippen LogP contribution < -0.4 is 5.73 Å². The van der Waals surface area contributed by atoms with Crippen molar-refractivity contribution in [3.8, 4) is 0 Å². The summed E-state index contributed by atoms with van der Waals surface area (Å²) in [4.78, 5) is 14.1. The third-order valence-electron chi connectivity index (χ3n) is 14.7. The quantitative estimate of drug-likeness (QED) is 0.351. The molecule has 7 fully saturated rings. The molecule has 0 aromatic rings. The van der Waals surface area contributed by atoms with Gasteiger partial charge >= 0.3 is 0 Å². The number of methoxy groups -OCH3 is 1. The minimum Gasteiger partial charge on any atom is -0.493 e. The third kappa shape index (κ3) is 8.44. The third-order valence-corrected chi connectivity index (χ3v) is 14.7. The van der Waals surface area contributed by atoms with Crippen LogP contribution in [0.4, 0.5) is 0 Å². The molecule has 1 spiro atoms. The first-order chi connectivity index (χ1) is 26.5. The first-order valence-corrected chi connectivity index (χ1v) is 21.6. The summed E-state index contributed by atoms with van der Waals surface area (Å²) >= 11 is 0. The molecule has 0 unspecified atom stereocenters. The number of fused-ring (bicyclic) bond motifs is 11. The summed E-state index contributed by atoms with van der Waals surface area (Å²) in [6, 6.07) is 0.